The Morgan fingerprint density at radius 3 is 2.61 bits per heavy atom. The number of nitrogens with one attached hydrogen (secondary N) is 2. The average molecular weight is 804 g/mol. The van der Waals surface area contributed by atoms with E-state index < -0.39 is 26.8 Å². The first kappa shape index (κ1) is 40.2. The number of piperazine rings is 1. The van der Waals surface area contributed by atoms with E-state index in [4.69, 9.17) is 21.1 Å². The number of ether oxygens (including phenoxy) is 2. The number of carbonyl (C=O) groups excluding carboxylic acids is 2. The lowest BCUT2D eigenvalue weighted by molar-refractivity contribution is -0.135. The SMILES string of the molecule is CO[C@@]1(C=O)/C=C/C[C@H](C)[C@@H](C)S(=O)(=O)NC(=O)c2ccc3c(c2)N(C[C@@H]2CC[C@H]21)C[C@@]1(CCCc2cc(Cl)ccc21)CO3.c1cncc(N2CCNCC2)c1. The van der Waals surface area contributed by atoms with Gasteiger partial charge in [0.2, 0.25) is 10.0 Å². The van der Waals surface area contributed by atoms with Crippen LogP contribution in [-0.2, 0) is 31.4 Å². The number of nitrogens with zero attached hydrogens (tertiary/aromatic N) is 3. The smallest absolute Gasteiger partial charge is 0.264 e. The maximum atomic E-state index is 13.4. The Balaban J connectivity index is 0.000000339. The third-order valence-electron chi connectivity index (χ3n) is 12.8. The largest absolute Gasteiger partial charge is 0.490 e. The molecule has 2 bridgehead atoms. The summed E-state index contributed by atoms with van der Waals surface area (Å²) in [5.74, 6) is -0.203. The van der Waals surface area contributed by atoms with E-state index in [9.17, 15) is 18.0 Å². The molecule has 0 radical (unpaired) electrons. The molecule has 2 N–H and O–H groups in total. The van der Waals surface area contributed by atoms with Crippen LogP contribution in [0.5, 0.6) is 5.75 Å². The third-order valence-corrected chi connectivity index (χ3v) is 15.0. The van der Waals surface area contributed by atoms with Gasteiger partial charge in [-0.1, -0.05) is 30.7 Å². The van der Waals surface area contributed by atoms with Crippen LogP contribution in [0.3, 0.4) is 0 Å². The maximum absolute atomic E-state index is 13.4. The van der Waals surface area contributed by atoms with Crippen molar-refractivity contribution >= 4 is 45.2 Å². The van der Waals surface area contributed by atoms with Crippen LogP contribution in [0.25, 0.3) is 0 Å². The minimum absolute atomic E-state index is 0.0434. The van der Waals surface area contributed by atoms with E-state index in [-0.39, 0.29) is 28.7 Å². The number of aryl methyl sites for hydroxylation is 1. The second-order valence-electron chi connectivity index (χ2n) is 16.2. The summed E-state index contributed by atoms with van der Waals surface area (Å²) in [6, 6.07) is 15.4. The van der Waals surface area contributed by atoms with E-state index >= 15 is 0 Å². The molecule has 8 rings (SSSR count). The Bertz CT molecular complexity index is 2030. The summed E-state index contributed by atoms with van der Waals surface area (Å²) in [5, 5.41) is 3.20. The molecule has 1 aromatic heterocycles. The van der Waals surface area contributed by atoms with E-state index in [2.05, 4.69) is 43.0 Å². The van der Waals surface area contributed by atoms with Crippen molar-refractivity contribution in [2.75, 3.05) is 62.8 Å². The molecule has 56 heavy (non-hydrogen) atoms. The van der Waals surface area contributed by atoms with Crippen LogP contribution >= 0.6 is 11.6 Å². The van der Waals surface area contributed by atoms with Gasteiger partial charge in [0.05, 0.1) is 29.4 Å². The van der Waals surface area contributed by atoms with Crippen molar-refractivity contribution in [3.8, 4) is 5.75 Å². The molecule has 1 spiro atoms. The Kier molecular flexibility index (Phi) is 12.1. The normalized spacial score (nSPS) is 30.5. The lowest BCUT2D eigenvalue weighted by Crippen LogP contribution is -2.53. The number of pyridine rings is 1. The fraction of sp³-hybridized carbons (Fsp3) is 0.512. The second kappa shape index (κ2) is 16.9. The number of aldehydes is 1. The monoisotopic (exact) mass is 803 g/mol. The number of allylic oxidation sites excluding steroid dienone is 1. The van der Waals surface area contributed by atoms with Gasteiger partial charge in [0.15, 0.2) is 6.29 Å². The molecule has 0 unspecified atom stereocenters. The topological polar surface area (TPSA) is 130 Å². The van der Waals surface area contributed by atoms with Crippen LogP contribution in [0.2, 0.25) is 5.02 Å². The molecule has 5 aliphatic rings. The van der Waals surface area contributed by atoms with Gasteiger partial charge in [0.1, 0.15) is 11.4 Å². The fourth-order valence-corrected chi connectivity index (χ4v) is 10.6. The van der Waals surface area contributed by atoms with Gasteiger partial charge in [-0.2, -0.15) is 0 Å². The zero-order chi connectivity index (χ0) is 39.5. The zero-order valence-corrected chi connectivity index (χ0v) is 34.2. The number of aromatic nitrogens is 1. The van der Waals surface area contributed by atoms with E-state index in [1.807, 2.05) is 43.6 Å². The third kappa shape index (κ3) is 8.21. The second-order valence-corrected chi connectivity index (χ2v) is 18.6. The standard InChI is InChI=1S/C34H41ClN2O6S.C9H13N3/c1-22-6-4-15-34(20-38,42-3)29-11-8-26(29)18-37-19-33(14-5-7-24-16-27(35)10-12-28(24)33)21-43-31-13-9-25(17-30(31)37)32(39)36-44(40,41)23(22)2;1-2-9(8-11-3-1)12-6-4-10-5-7-12/h4,9-10,12-13,15-17,20,22-23,26,29H,5-8,11,14,18-19,21H2,1-3H3,(H,36,39);1-3,8,10H,4-7H2/b15-4+;/t22-,23+,26-,29+,33-,34+;/m0./s1. The van der Waals surface area contributed by atoms with E-state index in [1.54, 1.807) is 32.2 Å². The predicted molar refractivity (Wildman–Crippen MR) is 220 cm³/mol. The highest BCUT2D eigenvalue weighted by molar-refractivity contribution is 7.90. The van der Waals surface area contributed by atoms with Crippen LogP contribution < -0.4 is 24.6 Å². The van der Waals surface area contributed by atoms with Gasteiger partial charge in [-0.3, -0.25) is 14.6 Å². The molecule has 3 aromatic rings. The van der Waals surface area contributed by atoms with Crippen molar-refractivity contribution in [3.63, 3.8) is 0 Å². The molecule has 300 valence electrons. The lowest BCUT2D eigenvalue weighted by atomic mass is 9.64. The van der Waals surface area contributed by atoms with Gasteiger partial charge in [-0.25, -0.2) is 13.1 Å². The first-order valence-electron chi connectivity index (χ1n) is 19.9. The van der Waals surface area contributed by atoms with Crippen LogP contribution in [0.15, 0.2) is 73.1 Å². The lowest BCUT2D eigenvalue weighted by Gasteiger charge is -2.48. The number of methoxy groups -OCH3 is 1. The molecule has 2 aromatic carbocycles. The number of fused-ring (bicyclic) bond motifs is 4. The van der Waals surface area contributed by atoms with Crippen molar-refractivity contribution < 1.29 is 27.5 Å². The highest BCUT2D eigenvalue weighted by Gasteiger charge is 2.49. The number of anilines is 2. The maximum Gasteiger partial charge on any atom is 0.264 e. The van der Waals surface area contributed by atoms with Crippen molar-refractivity contribution in [3.05, 3.63) is 94.8 Å². The number of hydrogen-bond donors (Lipinski definition) is 2. The number of hydrogen-bond acceptors (Lipinski definition) is 10. The first-order chi connectivity index (χ1) is 27.0. The summed E-state index contributed by atoms with van der Waals surface area (Å²) < 4.78 is 41.3. The van der Waals surface area contributed by atoms with Crippen LogP contribution in [0, 0.1) is 17.8 Å². The molecule has 3 aliphatic heterocycles. The molecule has 11 nitrogen and oxygen atoms in total. The van der Waals surface area contributed by atoms with E-state index in [1.165, 1.54) is 16.8 Å². The number of sulfonamides is 1. The quantitative estimate of drug-likeness (QED) is 0.242. The van der Waals surface area contributed by atoms with Crippen molar-refractivity contribution in [1.29, 1.82) is 0 Å². The zero-order valence-electron chi connectivity index (χ0n) is 32.6. The number of carbonyl (C=O) groups is 2. The minimum Gasteiger partial charge on any atom is -0.490 e. The number of benzene rings is 2. The Morgan fingerprint density at radius 1 is 1.07 bits per heavy atom. The number of amides is 1. The molecular formula is C43H54ClN5O6S. The Morgan fingerprint density at radius 2 is 1.89 bits per heavy atom. The van der Waals surface area contributed by atoms with E-state index in [0.717, 1.165) is 70.3 Å². The molecule has 6 atom stereocenters. The van der Waals surface area contributed by atoms with Gasteiger partial charge >= 0.3 is 0 Å². The highest BCUT2D eigenvalue weighted by atomic mass is 35.5. The summed E-state index contributed by atoms with van der Waals surface area (Å²) in [4.78, 5) is 34.8. The Labute approximate surface area is 336 Å². The molecule has 4 heterocycles. The molecule has 2 aliphatic carbocycles. The van der Waals surface area contributed by atoms with Gasteiger partial charge in [-0.05, 0) is 117 Å². The predicted octanol–water partition coefficient (Wildman–Crippen LogP) is 5.96. The summed E-state index contributed by atoms with van der Waals surface area (Å²) in [5.41, 5.74) is 3.28. The minimum atomic E-state index is -3.97. The summed E-state index contributed by atoms with van der Waals surface area (Å²) in [6.45, 7) is 9.51. The molecule has 1 saturated carbocycles. The van der Waals surface area contributed by atoms with Gasteiger partial charge < -0.3 is 24.6 Å². The highest BCUT2D eigenvalue weighted by Crippen LogP contribution is 2.48. The average Bonchev–Trinajstić information content (AvgIpc) is 3.35. The molecular weight excluding hydrogens is 750 g/mol. The van der Waals surface area contributed by atoms with Crippen LogP contribution in [-0.4, -0.2) is 89.4 Å². The number of rotatable bonds is 3. The van der Waals surface area contributed by atoms with Gasteiger partial charge in [0.25, 0.3) is 5.91 Å². The summed E-state index contributed by atoms with van der Waals surface area (Å²) >= 11 is 6.40. The summed E-state index contributed by atoms with van der Waals surface area (Å²) in [6.07, 6.45) is 13.4. The molecule has 2 fully saturated rings. The van der Waals surface area contributed by atoms with Crippen LogP contribution in [0.4, 0.5) is 11.4 Å². The summed E-state index contributed by atoms with van der Waals surface area (Å²) in [7, 11) is -2.41. The molecule has 1 amide bonds. The van der Waals surface area contributed by atoms with E-state index in [0.29, 0.717) is 36.9 Å². The number of halogens is 1. The Hall–Kier alpha value is -3.97. The molecule has 13 heteroatoms. The van der Waals surface area contributed by atoms with Crippen LogP contribution in [0.1, 0.15) is 67.4 Å². The first-order valence-corrected chi connectivity index (χ1v) is 21.8. The van der Waals surface area contributed by atoms with Crippen molar-refractivity contribution in [2.24, 2.45) is 17.8 Å². The molecule has 1 saturated heterocycles. The van der Waals surface area contributed by atoms with Crippen molar-refractivity contribution in [2.45, 2.75) is 68.6 Å². The van der Waals surface area contributed by atoms with Gasteiger partial charge in [-0.15, -0.1) is 0 Å². The fourth-order valence-electron chi connectivity index (χ4n) is 9.15. The van der Waals surface area contributed by atoms with Crippen molar-refractivity contribution in [1.82, 2.24) is 15.0 Å². The van der Waals surface area contributed by atoms with Gasteiger partial charge in [0, 0.05) is 74.5 Å².